The maximum absolute atomic E-state index is 13.3. The normalized spacial score (nSPS) is 18.4. The molecule has 1 unspecified atom stereocenters. The van der Waals surface area contributed by atoms with Gasteiger partial charge in [-0.2, -0.15) is 0 Å². The van der Waals surface area contributed by atoms with Crippen molar-refractivity contribution in [1.29, 1.82) is 0 Å². The van der Waals surface area contributed by atoms with Crippen LogP contribution in [0.15, 0.2) is 24.3 Å². The lowest BCUT2D eigenvalue weighted by molar-refractivity contribution is 0.163. The van der Waals surface area contributed by atoms with Crippen LogP contribution in [0.5, 0.6) is 0 Å². The molecule has 0 heterocycles. The molecular weight excluding hydrogens is 283 g/mol. The van der Waals surface area contributed by atoms with Crippen molar-refractivity contribution in [3.8, 4) is 0 Å². The van der Waals surface area contributed by atoms with Gasteiger partial charge in [0.15, 0.2) is 0 Å². The molecular formula is C17H25FN2O2. The van der Waals surface area contributed by atoms with E-state index in [0.717, 1.165) is 24.8 Å². The summed E-state index contributed by atoms with van der Waals surface area (Å²) < 4.78 is 13.3. The number of hydrogen-bond acceptors (Lipinski definition) is 2. The highest BCUT2D eigenvalue weighted by atomic mass is 19.1. The zero-order chi connectivity index (χ0) is 16.2. The Bertz CT molecular complexity index is 531. The molecule has 1 aromatic rings. The molecule has 0 spiro atoms. The molecule has 1 aromatic carbocycles. The largest absolute Gasteiger partial charge is 0.394 e. The molecule has 0 aliphatic heterocycles. The first kappa shape index (κ1) is 16.7. The maximum Gasteiger partial charge on any atom is 0.315 e. The van der Waals surface area contributed by atoms with Crippen molar-refractivity contribution in [2.45, 2.75) is 50.5 Å². The number of amides is 2. The van der Waals surface area contributed by atoms with Gasteiger partial charge in [0.05, 0.1) is 12.1 Å². The summed E-state index contributed by atoms with van der Waals surface area (Å²) in [5, 5.41) is 15.1. The summed E-state index contributed by atoms with van der Waals surface area (Å²) in [5.74, 6) is -0.246. The van der Waals surface area contributed by atoms with Crippen molar-refractivity contribution in [3.63, 3.8) is 0 Å². The van der Waals surface area contributed by atoms with Gasteiger partial charge in [-0.15, -0.1) is 0 Å². The topological polar surface area (TPSA) is 61.4 Å². The molecule has 5 heteroatoms. The number of benzene rings is 1. The molecule has 22 heavy (non-hydrogen) atoms. The lowest BCUT2D eigenvalue weighted by atomic mass is 9.95. The van der Waals surface area contributed by atoms with E-state index in [-0.39, 0.29) is 23.9 Å². The molecule has 2 rings (SSSR count). The minimum Gasteiger partial charge on any atom is -0.394 e. The van der Waals surface area contributed by atoms with E-state index in [1.807, 2.05) is 19.9 Å². The predicted octanol–water partition coefficient (Wildman–Crippen LogP) is 2.71. The van der Waals surface area contributed by atoms with Crippen molar-refractivity contribution < 1.29 is 14.3 Å². The molecule has 2 amide bonds. The molecule has 3 N–H and O–H groups in total. The molecule has 4 nitrogen and oxygen atoms in total. The number of aliphatic hydroxyl groups excluding tert-OH is 1. The van der Waals surface area contributed by atoms with Crippen LogP contribution in [0, 0.1) is 5.82 Å². The van der Waals surface area contributed by atoms with Crippen LogP contribution in [0.4, 0.5) is 9.18 Å². The number of rotatable bonds is 7. The highest BCUT2D eigenvalue weighted by Crippen LogP contribution is 2.47. The summed E-state index contributed by atoms with van der Waals surface area (Å²) in [6, 6.07) is 6.30. The lowest BCUT2D eigenvalue weighted by Gasteiger charge is -2.29. The summed E-state index contributed by atoms with van der Waals surface area (Å²) in [6.45, 7) is 4.23. The van der Waals surface area contributed by atoms with Crippen LogP contribution in [0.3, 0.4) is 0 Å². The fourth-order valence-electron chi connectivity index (χ4n) is 2.84. The van der Waals surface area contributed by atoms with E-state index in [0.29, 0.717) is 13.0 Å². The van der Waals surface area contributed by atoms with Gasteiger partial charge in [-0.1, -0.05) is 25.5 Å². The molecule has 1 aliphatic rings. The number of halogens is 1. The summed E-state index contributed by atoms with van der Waals surface area (Å²) in [6.07, 6.45) is 3.49. The second kappa shape index (κ2) is 6.65. The standard InChI is InChI=1S/C17H25FN2O2/c1-3-7-16(2,12-21)20-15(22)19-11-17(8-9-17)13-5-4-6-14(18)10-13/h4-6,10,21H,3,7-9,11-12H2,1-2H3,(H2,19,20,22). The van der Waals surface area contributed by atoms with Gasteiger partial charge in [-0.25, -0.2) is 9.18 Å². The van der Waals surface area contributed by atoms with E-state index in [1.165, 1.54) is 6.07 Å². The van der Waals surface area contributed by atoms with E-state index in [9.17, 15) is 14.3 Å². The molecule has 1 saturated carbocycles. The van der Waals surface area contributed by atoms with Crippen molar-refractivity contribution in [1.82, 2.24) is 10.6 Å². The fourth-order valence-corrected chi connectivity index (χ4v) is 2.84. The molecule has 1 atom stereocenters. The number of urea groups is 1. The first-order chi connectivity index (χ1) is 10.4. The van der Waals surface area contributed by atoms with E-state index in [4.69, 9.17) is 0 Å². The Labute approximate surface area is 131 Å². The first-order valence-corrected chi connectivity index (χ1v) is 7.86. The molecule has 0 bridgehead atoms. The van der Waals surface area contributed by atoms with Crippen LogP contribution in [-0.4, -0.2) is 29.8 Å². The van der Waals surface area contributed by atoms with E-state index >= 15 is 0 Å². The first-order valence-electron chi connectivity index (χ1n) is 7.86. The number of carbonyl (C=O) groups excluding carboxylic acids is 1. The van der Waals surface area contributed by atoms with Crippen LogP contribution in [0.1, 0.15) is 45.1 Å². The van der Waals surface area contributed by atoms with Crippen LogP contribution in [-0.2, 0) is 5.41 Å². The maximum atomic E-state index is 13.3. The smallest absolute Gasteiger partial charge is 0.315 e. The van der Waals surface area contributed by atoms with Crippen LogP contribution >= 0.6 is 0 Å². The van der Waals surface area contributed by atoms with Gasteiger partial charge < -0.3 is 15.7 Å². The van der Waals surface area contributed by atoms with Crippen LogP contribution in [0.2, 0.25) is 0 Å². The second-order valence-electron chi connectivity index (χ2n) is 6.57. The molecule has 0 saturated heterocycles. The SMILES string of the molecule is CCCC(C)(CO)NC(=O)NCC1(c2cccc(F)c2)CC1. The average molecular weight is 308 g/mol. The van der Waals surface area contributed by atoms with E-state index < -0.39 is 5.54 Å². The fraction of sp³-hybridized carbons (Fsp3) is 0.588. The van der Waals surface area contributed by atoms with Crippen LogP contribution in [0.25, 0.3) is 0 Å². The zero-order valence-electron chi connectivity index (χ0n) is 13.3. The van der Waals surface area contributed by atoms with Gasteiger partial charge in [-0.05, 0) is 43.9 Å². The highest BCUT2D eigenvalue weighted by molar-refractivity contribution is 5.75. The number of hydrogen-bond donors (Lipinski definition) is 3. The summed E-state index contributed by atoms with van der Waals surface area (Å²) in [7, 11) is 0. The molecule has 1 aliphatic carbocycles. The van der Waals surface area contributed by atoms with Gasteiger partial charge in [0, 0.05) is 12.0 Å². The quantitative estimate of drug-likeness (QED) is 0.725. The van der Waals surface area contributed by atoms with Crippen LogP contribution < -0.4 is 10.6 Å². The van der Waals surface area contributed by atoms with Crippen molar-refractivity contribution in [2.75, 3.05) is 13.2 Å². The predicted molar refractivity (Wildman–Crippen MR) is 84.2 cm³/mol. The van der Waals surface area contributed by atoms with E-state index in [1.54, 1.807) is 12.1 Å². The molecule has 0 aromatic heterocycles. The number of aliphatic hydroxyl groups is 1. The lowest BCUT2D eigenvalue weighted by Crippen LogP contribution is -2.53. The highest BCUT2D eigenvalue weighted by Gasteiger charge is 2.44. The van der Waals surface area contributed by atoms with Crippen molar-refractivity contribution >= 4 is 6.03 Å². The summed E-state index contributed by atoms with van der Waals surface area (Å²) in [4.78, 5) is 12.1. The Morgan fingerprint density at radius 3 is 2.73 bits per heavy atom. The van der Waals surface area contributed by atoms with Gasteiger partial charge >= 0.3 is 6.03 Å². The Hall–Kier alpha value is -1.62. The Morgan fingerprint density at radius 2 is 2.18 bits per heavy atom. The van der Waals surface area contributed by atoms with Gasteiger partial charge in [0.25, 0.3) is 0 Å². The van der Waals surface area contributed by atoms with Gasteiger partial charge in [-0.3, -0.25) is 0 Å². The van der Waals surface area contributed by atoms with Gasteiger partial charge in [0.1, 0.15) is 5.82 Å². The van der Waals surface area contributed by atoms with E-state index in [2.05, 4.69) is 10.6 Å². The van der Waals surface area contributed by atoms with Crippen molar-refractivity contribution in [3.05, 3.63) is 35.6 Å². The molecule has 1 fully saturated rings. The molecule has 122 valence electrons. The third-order valence-corrected chi connectivity index (χ3v) is 4.44. The van der Waals surface area contributed by atoms with Gasteiger partial charge in [0.2, 0.25) is 0 Å². The monoisotopic (exact) mass is 308 g/mol. The third kappa shape index (κ3) is 3.97. The summed E-state index contributed by atoms with van der Waals surface area (Å²) in [5.41, 5.74) is 0.195. The Kier molecular flexibility index (Phi) is 5.06. The van der Waals surface area contributed by atoms with Crippen molar-refractivity contribution in [2.24, 2.45) is 0 Å². The minimum absolute atomic E-state index is 0.0939. The number of carbonyl (C=O) groups is 1. The summed E-state index contributed by atoms with van der Waals surface area (Å²) >= 11 is 0. The average Bonchev–Trinajstić information content (AvgIpc) is 3.27. The Morgan fingerprint density at radius 1 is 1.45 bits per heavy atom. The zero-order valence-corrected chi connectivity index (χ0v) is 13.3. The number of nitrogens with one attached hydrogen (secondary N) is 2. The third-order valence-electron chi connectivity index (χ3n) is 4.44. The molecule has 0 radical (unpaired) electrons. The second-order valence-corrected chi connectivity index (χ2v) is 6.57. The Balaban J connectivity index is 1.91. The minimum atomic E-state index is -0.603.